The average molecular weight is 272 g/mol. The maximum Gasteiger partial charge on any atom is 0.347 e. The fourth-order valence-corrected chi connectivity index (χ4v) is 1.99. The zero-order valence-electron chi connectivity index (χ0n) is 10.8. The Morgan fingerprint density at radius 2 is 2.15 bits per heavy atom. The minimum Gasteiger partial charge on any atom is -0.454 e. The van der Waals surface area contributed by atoms with E-state index in [0.29, 0.717) is 17.1 Å². The van der Waals surface area contributed by atoms with E-state index in [9.17, 15) is 9.59 Å². The van der Waals surface area contributed by atoms with Gasteiger partial charge in [-0.3, -0.25) is 9.36 Å². The van der Waals surface area contributed by atoms with Gasteiger partial charge in [0.25, 0.3) is 0 Å². The molecule has 0 spiro atoms. The molecule has 20 heavy (non-hydrogen) atoms. The van der Waals surface area contributed by atoms with Crippen molar-refractivity contribution in [2.24, 2.45) is 0 Å². The third-order valence-corrected chi connectivity index (χ3v) is 2.99. The Balaban J connectivity index is 1.86. The molecule has 0 saturated carbocycles. The molecule has 0 amide bonds. The van der Waals surface area contributed by atoms with Gasteiger partial charge in [-0.15, -0.1) is 0 Å². The topological polar surface area (TPSA) is 70.4 Å². The quantitative estimate of drug-likeness (QED) is 0.784. The molecule has 1 aliphatic heterocycles. The largest absolute Gasteiger partial charge is 0.454 e. The maximum absolute atomic E-state index is 12.2. The monoisotopic (exact) mass is 272 g/mol. The molecule has 6 nitrogen and oxygen atoms in total. The predicted octanol–water partition coefficient (Wildman–Crippen LogP) is 1.16. The van der Waals surface area contributed by atoms with Gasteiger partial charge in [-0.2, -0.15) is 0 Å². The number of benzene rings is 1. The van der Waals surface area contributed by atoms with Crippen molar-refractivity contribution in [3.05, 3.63) is 52.2 Å². The van der Waals surface area contributed by atoms with Gasteiger partial charge >= 0.3 is 5.69 Å². The van der Waals surface area contributed by atoms with Crippen molar-refractivity contribution in [2.45, 2.75) is 13.5 Å². The van der Waals surface area contributed by atoms with Crippen LogP contribution in [0.4, 0.5) is 0 Å². The van der Waals surface area contributed by atoms with Crippen molar-refractivity contribution in [3.63, 3.8) is 0 Å². The third-order valence-electron chi connectivity index (χ3n) is 2.99. The molecule has 0 fully saturated rings. The van der Waals surface area contributed by atoms with Gasteiger partial charge in [0.15, 0.2) is 17.3 Å². The molecule has 0 N–H and O–H groups in total. The van der Waals surface area contributed by atoms with E-state index in [2.05, 4.69) is 4.98 Å². The van der Waals surface area contributed by atoms with Crippen LogP contribution in [0.15, 0.2) is 35.4 Å². The highest BCUT2D eigenvalue weighted by Crippen LogP contribution is 2.32. The second-order valence-corrected chi connectivity index (χ2v) is 4.53. The molecule has 0 aliphatic carbocycles. The lowest BCUT2D eigenvalue weighted by molar-refractivity contribution is 0.0970. The predicted molar refractivity (Wildman–Crippen MR) is 70.1 cm³/mol. The van der Waals surface area contributed by atoms with Crippen LogP contribution in [0.5, 0.6) is 11.5 Å². The van der Waals surface area contributed by atoms with Gasteiger partial charge in [-0.1, -0.05) is 0 Å². The molecule has 2 heterocycles. The van der Waals surface area contributed by atoms with E-state index in [1.807, 2.05) is 6.92 Å². The van der Waals surface area contributed by atoms with E-state index in [1.54, 1.807) is 24.4 Å². The number of rotatable bonds is 3. The highest BCUT2D eigenvalue weighted by atomic mass is 16.7. The summed E-state index contributed by atoms with van der Waals surface area (Å²) in [5.74, 6) is 0.985. The summed E-state index contributed by atoms with van der Waals surface area (Å²) in [6, 6.07) is 4.97. The minimum absolute atomic E-state index is 0.0485. The van der Waals surface area contributed by atoms with Crippen molar-refractivity contribution in [1.29, 1.82) is 0 Å². The Morgan fingerprint density at radius 1 is 1.35 bits per heavy atom. The minimum atomic E-state index is -0.440. The molecule has 0 bridgehead atoms. The van der Waals surface area contributed by atoms with Crippen molar-refractivity contribution in [3.8, 4) is 11.5 Å². The molecular weight excluding hydrogens is 260 g/mol. The van der Waals surface area contributed by atoms with Gasteiger partial charge in [0.1, 0.15) is 0 Å². The van der Waals surface area contributed by atoms with Crippen LogP contribution < -0.4 is 15.2 Å². The summed E-state index contributed by atoms with van der Waals surface area (Å²) in [6.45, 7) is 1.93. The number of aromatic nitrogens is 2. The fourth-order valence-electron chi connectivity index (χ4n) is 1.99. The number of fused-ring (bicyclic) bond motifs is 1. The van der Waals surface area contributed by atoms with Crippen molar-refractivity contribution in [2.75, 3.05) is 6.79 Å². The van der Waals surface area contributed by atoms with Crippen LogP contribution in [0.1, 0.15) is 15.9 Å². The average Bonchev–Trinajstić information content (AvgIpc) is 2.90. The number of carbonyl (C=O) groups excluding carboxylic acids is 1. The van der Waals surface area contributed by atoms with Crippen LogP contribution >= 0.6 is 0 Å². The zero-order valence-corrected chi connectivity index (χ0v) is 10.8. The smallest absolute Gasteiger partial charge is 0.347 e. The van der Waals surface area contributed by atoms with Crippen LogP contribution in [0.25, 0.3) is 0 Å². The summed E-state index contributed by atoms with van der Waals surface area (Å²) in [5.41, 5.74) is 0.857. The second-order valence-electron chi connectivity index (χ2n) is 4.53. The second kappa shape index (κ2) is 4.80. The summed E-state index contributed by atoms with van der Waals surface area (Å²) >= 11 is 0. The number of ether oxygens (including phenoxy) is 2. The summed E-state index contributed by atoms with van der Waals surface area (Å²) in [7, 11) is 0. The van der Waals surface area contributed by atoms with Gasteiger partial charge in [-0.25, -0.2) is 9.78 Å². The molecule has 1 aliphatic rings. The molecule has 1 aromatic carbocycles. The summed E-state index contributed by atoms with van der Waals surface area (Å²) in [6.07, 6.45) is 3.09. The number of aryl methyl sites for hydroxylation is 1. The Bertz CT molecular complexity index is 736. The van der Waals surface area contributed by atoms with Crippen LogP contribution in [0, 0.1) is 6.92 Å². The maximum atomic E-state index is 12.2. The lowest BCUT2D eigenvalue weighted by atomic mass is 10.1. The Hall–Kier alpha value is -2.63. The lowest BCUT2D eigenvalue weighted by Gasteiger charge is -2.06. The number of carbonyl (C=O) groups is 1. The van der Waals surface area contributed by atoms with E-state index in [0.717, 1.165) is 5.56 Å². The zero-order chi connectivity index (χ0) is 14.1. The van der Waals surface area contributed by atoms with Crippen molar-refractivity contribution in [1.82, 2.24) is 9.55 Å². The number of Topliss-reactive ketones (excluding diaryl/α,β-unsaturated/α-hetero) is 1. The van der Waals surface area contributed by atoms with Crippen molar-refractivity contribution < 1.29 is 14.3 Å². The molecule has 6 heteroatoms. The molecule has 0 radical (unpaired) electrons. The van der Waals surface area contributed by atoms with E-state index in [1.165, 1.54) is 10.8 Å². The first-order valence-electron chi connectivity index (χ1n) is 6.09. The van der Waals surface area contributed by atoms with Crippen molar-refractivity contribution >= 4 is 5.78 Å². The van der Waals surface area contributed by atoms with Crippen LogP contribution in [0.3, 0.4) is 0 Å². The standard InChI is InChI=1S/C14H12N2O4/c1-9-5-15-14(18)16(6-9)7-11(17)10-2-3-12-13(4-10)20-8-19-12/h2-6H,7-8H2,1H3. The molecule has 1 aromatic heterocycles. The number of hydrogen-bond donors (Lipinski definition) is 0. The number of hydrogen-bond acceptors (Lipinski definition) is 5. The van der Waals surface area contributed by atoms with Crippen LogP contribution in [-0.4, -0.2) is 22.1 Å². The first-order valence-corrected chi connectivity index (χ1v) is 6.09. The highest BCUT2D eigenvalue weighted by Gasteiger charge is 2.16. The van der Waals surface area contributed by atoms with E-state index < -0.39 is 5.69 Å². The van der Waals surface area contributed by atoms with Gasteiger partial charge in [-0.05, 0) is 30.7 Å². The van der Waals surface area contributed by atoms with Gasteiger partial charge in [0, 0.05) is 18.0 Å². The molecular formula is C14H12N2O4. The molecule has 0 atom stereocenters. The first kappa shape index (κ1) is 12.4. The van der Waals surface area contributed by atoms with Gasteiger partial charge in [0.05, 0.1) is 6.54 Å². The lowest BCUT2D eigenvalue weighted by Crippen LogP contribution is -2.26. The van der Waals surface area contributed by atoms with Gasteiger partial charge in [0.2, 0.25) is 6.79 Å². The van der Waals surface area contributed by atoms with E-state index in [-0.39, 0.29) is 19.1 Å². The molecule has 0 unspecified atom stereocenters. The van der Waals surface area contributed by atoms with Gasteiger partial charge < -0.3 is 9.47 Å². The number of nitrogens with zero attached hydrogens (tertiary/aromatic N) is 2. The molecule has 3 rings (SSSR count). The molecule has 2 aromatic rings. The SMILES string of the molecule is Cc1cnc(=O)n(CC(=O)c2ccc3c(c2)OCO3)c1. The fraction of sp³-hybridized carbons (Fsp3) is 0.214. The summed E-state index contributed by atoms with van der Waals surface area (Å²) in [5, 5.41) is 0. The van der Waals surface area contributed by atoms with Crippen LogP contribution in [-0.2, 0) is 6.54 Å². The third kappa shape index (κ3) is 2.27. The summed E-state index contributed by atoms with van der Waals surface area (Å²) < 4.78 is 11.7. The molecule has 0 saturated heterocycles. The Morgan fingerprint density at radius 3 is 3.00 bits per heavy atom. The molecule has 102 valence electrons. The van der Waals surface area contributed by atoms with Crippen LogP contribution in [0.2, 0.25) is 0 Å². The van der Waals surface area contributed by atoms with E-state index in [4.69, 9.17) is 9.47 Å². The normalized spacial score (nSPS) is 12.4. The highest BCUT2D eigenvalue weighted by molar-refractivity contribution is 5.96. The first-order chi connectivity index (χ1) is 9.63. The Kier molecular flexibility index (Phi) is 2.98. The summed E-state index contributed by atoms with van der Waals surface area (Å²) in [4.78, 5) is 27.5. The Labute approximate surface area is 114 Å². The number of ketones is 1. The van der Waals surface area contributed by atoms with E-state index >= 15 is 0 Å².